The van der Waals surface area contributed by atoms with E-state index in [1.54, 1.807) is 24.5 Å². The van der Waals surface area contributed by atoms with E-state index in [4.69, 9.17) is 14.9 Å². The van der Waals surface area contributed by atoms with Gasteiger partial charge in [-0.2, -0.15) is 0 Å². The number of furan rings is 1. The van der Waals surface area contributed by atoms with Crippen LogP contribution in [0.15, 0.2) is 45.8 Å². The Labute approximate surface area is 174 Å². The fourth-order valence-corrected chi connectivity index (χ4v) is 3.95. The van der Waals surface area contributed by atoms with Gasteiger partial charge < -0.3 is 30.1 Å². The second-order valence-electron chi connectivity index (χ2n) is 6.20. The molecule has 0 aliphatic rings. The number of anilines is 1. The molecule has 0 unspecified atom stereocenters. The molecular formula is C20H18N2O7S. The Morgan fingerprint density at radius 3 is 2.50 bits per heavy atom. The normalized spacial score (nSPS) is 10.7. The second-order valence-corrected chi connectivity index (χ2v) is 7.19. The predicted octanol–water partition coefficient (Wildman–Crippen LogP) is 3.06. The van der Waals surface area contributed by atoms with Gasteiger partial charge in [0.15, 0.2) is 0 Å². The van der Waals surface area contributed by atoms with Gasteiger partial charge in [0.1, 0.15) is 28.5 Å². The van der Waals surface area contributed by atoms with Gasteiger partial charge in [-0.05, 0) is 29.8 Å². The average Bonchev–Trinajstić information content (AvgIpc) is 3.20. The van der Waals surface area contributed by atoms with E-state index in [1.165, 1.54) is 24.9 Å². The molecule has 1 aromatic carbocycles. The van der Waals surface area contributed by atoms with Crippen LogP contribution in [0.5, 0.6) is 5.75 Å². The van der Waals surface area contributed by atoms with Crippen molar-refractivity contribution < 1.29 is 29.0 Å². The minimum Gasteiger partial charge on any atom is -0.496 e. The zero-order valence-corrected chi connectivity index (χ0v) is 16.6. The lowest BCUT2D eigenvalue weighted by Gasteiger charge is -2.15. The molecule has 156 valence electrons. The Bertz CT molecular complexity index is 1150. The van der Waals surface area contributed by atoms with Crippen molar-refractivity contribution in [2.24, 2.45) is 0 Å². The highest BCUT2D eigenvalue weighted by molar-refractivity contribution is 7.97. The van der Waals surface area contributed by atoms with Gasteiger partial charge in [-0.25, -0.2) is 9.59 Å². The summed E-state index contributed by atoms with van der Waals surface area (Å²) in [4.78, 5) is 37.8. The second kappa shape index (κ2) is 8.78. The molecule has 3 rings (SSSR count). The fraction of sp³-hybridized carbons (Fsp3) is 0.150. The number of H-pyrrole nitrogens is 1. The standard InChI is InChI=1S/C20H18N2O7S/c1-28-13-5-4-10(7-11(13)8-30-9-12-3-2-6-29-12)14-15(19(24)25)17(21)22-18(23)16(14)20(26)27/h2-7H,8-9H2,1H3,(H,24,25)(H,26,27)(H3,21,22,23). The summed E-state index contributed by atoms with van der Waals surface area (Å²) < 4.78 is 10.7. The number of nitrogen functional groups attached to an aromatic ring is 1. The summed E-state index contributed by atoms with van der Waals surface area (Å²) in [5, 5.41) is 19.1. The van der Waals surface area contributed by atoms with E-state index < -0.39 is 34.4 Å². The lowest BCUT2D eigenvalue weighted by molar-refractivity contribution is 0.0695. The molecule has 0 fully saturated rings. The number of carboxylic acid groups (broad SMARTS) is 2. The summed E-state index contributed by atoms with van der Waals surface area (Å²) in [6.45, 7) is 0. The van der Waals surface area contributed by atoms with Crippen LogP contribution in [0.4, 0.5) is 5.82 Å². The average molecular weight is 430 g/mol. The molecule has 30 heavy (non-hydrogen) atoms. The summed E-state index contributed by atoms with van der Waals surface area (Å²) >= 11 is 1.53. The molecule has 10 heteroatoms. The lowest BCUT2D eigenvalue weighted by atomic mass is 9.94. The van der Waals surface area contributed by atoms with Crippen LogP contribution in [0.25, 0.3) is 11.1 Å². The quantitative estimate of drug-likeness (QED) is 0.422. The summed E-state index contributed by atoms with van der Waals surface area (Å²) in [7, 11) is 1.49. The molecule has 0 saturated carbocycles. The number of hydrogen-bond acceptors (Lipinski definition) is 7. The molecule has 0 aliphatic carbocycles. The van der Waals surface area contributed by atoms with Crippen molar-refractivity contribution >= 4 is 29.5 Å². The highest BCUT2D eigenvalue weighted by Gasteiger charge is 2.27. The minimum absolute atomic E-state index is 0.233. The molecule has 2 aromatic heterocycles. The third-order valence-corrected chi connectivity index (χ3v) is 5.33. The van der Waals surface area contributed by atoms with Crippen LogP contribution >= 0.6 is 11.8 Å². The number of methoxy groups -OCH3 is 1. The van der Waals surface area contributed by atoms with Gasteiger partial charge in [0.25, 0.3) is 5.56 Å². The van der Waals surface area contributed by atoms with Crippen LogP contribution in [-0.2, 0) is 11.5 Å². The number of pyridine rings is 1. The molecule has 0 saturated heterocycles. The van der Waals surface area contributed by atoms with E-state index in [1.807, 2.05) is 6.07 Å². The highest BCUT2D eigenvalue weighted by Crippen LogP contribution is 2.34. The molecule has 0 atom stereocenters. The van der Waals surface area contributed by atoms with E-state index in [0.717, 1.165) is 5.76 Å². The van der Waals surface area contributed by atoms with E-state index >= 15 is 0 Å². The SMILES string of the molecule is COc1ccc(-c2c(C(=O)O)c(N)[nH]c(=O)c2C(=O)O)cc1CSCc1ccco1. The molecule has 5 N–H and O–H groups in total. The molecule has 0 radical (unpaired) electrons. The number of carbonyl (C=O) groups is 2. The fourth-order valence-electron chi connectivity index (χ4n) is 3.04. The largest absolute Gasteiger partial charge is 0.496 e. The topological polar surface area (TPSA) is 156 Å². The van der Waals surface area contributed by atoms with Crippen LogP contribution in [0.2, 0.25) is 0 Å². The van der Waals surface area contributed by atoms with Crippen molar-refractivity contribution in [1.29, 1.82) is 0 Å². The maximum atomic E-state index is 12.2. The number of rotatable bonds is 8. The van der Waals surface area contributed by atoms with Crippen LogP contribution in [0, 0.1) is 0 Å². The highest BCUT2D eigenvalue weighted by atomic mass is 32.2. The number of benzene rings is 1. The van der Waals surface area contributed by atoms with Gasteiger partial charge in [0, 0.05) is 16.9 Å². The molecule has 2 heterocycles. The van der Waals surface area contributed by atoms with E-state index in [0.29, 0.717) is 22.8 Å². The van der Waals surface area contributed by atoms with Gasteiger partial charge in [0.2, 0.25) is 0 Å². The van der Waals surface area contributed by atoms with E-state index in [9.17, 15) is 24.6 Å². The Kier molecular flexibility index (Phi) is 6.17. The number of aromatic nitrogens is 1. The van der Waals surface area contributed by atoms with Crippen LogP contribution in [0.3, 0.4) is 0 Å². The van der Waals surface area contributed by atoms with Crippen molar-refractivity contribution in [2.45, 2.75) is 11.5 Å². The number of carboxylic acids is 2. The summed E-state index contributed by atoms with van der Waals surface area (Å²) in [5.74, 6) is -1.03. The Hall–Kier alpha value is -3.66. The summed E-state index contributed by atoms with van der Waals surface area (Å²) in [6, 6.07) is 8.31. The molecule has 0 bridgehead atoms. The van der Waals surface area contributed by atoms with E-state index in [2.05, 4.69) is 4.98 Å². The van der Waals surface area contributed by atoms with Crippen molar-refractivity contribution in [3.8, 4) is 16.9 Å². The molecule has 0 amide bonds. The summed E-state index contributed by atoms with van der Waals surface area (Å²) in [6.07, 6.45) is 1.58. The van der Waals surface area contributed by atoms with Crippen LogP contribution in [0.1, 0.15) is 32.0 Å². The zero-order chi connectivity index (χ0) is 21.8. The van der Waals surface area contributed by atoms with Crippen molar-refractivity contribution in [1.82, 2.24) is 4.98 Å². The van der Waals surface area contributed by atoms with Gasteiger partial charge in [-0.1, -0.05) is 6.07 Å². The van der Waals surface area contributed by atoms with Gasteiger partial charge >= 0.3 is 11.9 Å². The smallest absolute Gasteiger partial charge is 0.342 e. The zero-order valence-electron chi connectivity index (χ0n) is 15.8. The first-order valence-electron chi connectivity index (χ1n) is 8.63. The molecule has 0 spiro atoms. The Morgan fingerprint density at radius 1 is 1.17 bits per heavy atom. The van der Waals surface area contributed by atoms with Crippen molar-refractivity contribution in [3.05, 3.63) is 69.4 Å². The maximum absolute atomic E-state index is 12.2. The van der Waals surface area contributed by atoms with Crippen molar-refractivity contribution in [2.75, 3.05) is 12.8 Å². The maximum Gasteiger partial charge on any atom is 0.342 e. The lowest BCUT2D eigenvalue weighted by Crippen LogP contribution is -2.24. The van der Waals surface area contributed by atoms with E-state index in [-0.39, 0.29) is 11.1 Å². The summed E-state index contributed by atoms with van der Waals surface area (Å²) in [5.41, 5.74) is 4.21. The first-order chi connectivity index (χ1) is 14.3. The molecule has 3 aromatic rings. The number of aromatic carboxylic acids is 2. The number of ether oxygens (including phenoxy) is 1. The van der Waals surface area contributed by atoms with Crippen LogP contribution < -0.4 is 16.0 Å². The number of thioether (sulfide) groups is 1. The third-order valence-electron chi connectivity index (χ3n) is 4.32. The number of nitrogens with two attached hydrogens (primary N) is 1. The first-order valence-corrected chi connectivity index (χ1v) is 9.78. The Morgan fingerprint density at radius 2 is 1.90 bits per heavy atom. The number of hydrogen-bond donors (Lipinski definition) is 4. The molecule has 9 nitrogen and oxygen atoms in total. The molecule has 0 aliphatic heterocycles. The number of aromatic amines is 1. The number of nitrogens with one attached hydrogen (secondary N) is 1. The van der Waals surface area contributed by atoms with Crippen LogP contribution in [-0.4, -0.2) is 34.2 Å². The third kappa shape index (κ3) is 4.18. The van der Waals surface area contributed by atoms with Gasteiger partial charge in [-0.3, -0.25) is 4.79 Å². The minimum atomic E-state index is -1.56. The molecular weight excluding hydrogens is 412 g/mol. The van der Waals surface area contributed by atoms with Gasteiger partial charge in [0.05, 0.1) is 19.1 Å². The first kappa shape index (κ1) is 21.1. The monoisotopic (exact) mass is 430 g/mol. The Balaban J connectivity index is 2.10. The van der Waals surface area contributed by atoms with Gasteiger partial charge in [-0.15, -0.1) is 11.8 Å². The predicted molar refractivity (Wildman–Crippen MR) is 111 cm³/mol. The van der Waals surface area contributed by atoms with Crippen molar-refractivity contribution in [3.63, 3.8) is 0 Å².